The van der Waals surface area contributed by atoms with Crippen molar-refractivity contribution in [1.29, 1.82) is 0 Å². The minimum absolute atomic E-state index is 0.0527. The summed E-state index contributed by atoms with van der Waals surface area (Å²) < 4.78 is 26.8. The molecule has 0 aliphatic carbocycles. The fraction of sp³-hybridized carbons (Fsp3) is 0.538. The second-order valence-electron chi connectivity index (χ2n) is 5.10. The number of piperidine rings is 1. The Labute approximate surface area is 134 Å². The van der Waals surface area contributed by atoms with E-state index in [0.717, 1.165) is 12.8 Å². The van der Waals surface area contributed by atoms with Gasteiger partial charge in [-0.2, -0.15) is 4.31 Å². The molecule has 1 saturated heterocycles. The summed E-state index contributed by atoms with van der Waals surface area (Å²) in [6.07, 6.45) is 1.72. The molecule has 1 aromatic rings. The summed E-state index contributed by atoms with van der Waals surface area (Å²) in [5.41, 5.74) is 0.532. The molecule has 1 aromatic carbocycles. The molecule has 3 nitrogen and oxygen atoms in total. The number of hydrogen-bond donors (Lipinski definition) is 0. The van der Waals surface area contributed by atoms with Crippen molar-refractivity contribution in [1.82, 2.24) is 4.31 Å². The van der Waals surface area contributed by atoms with Crippen LogP contribution in [0.25, 0.3) is 0 Å². The van der Waals surface area contributed by atoms with Crippen molar-refractivity contribution in [2.75, 3.05) is 13.1 Å². The highest BCUT2D eigenvalue weighted by Crippen LogP contribution is 2.33. The molecule has 1 heterocycles. The molecule has 0 bridgehead atoms. The molecule has 1 aliphatic heterocycles. The average Bonchev–Trinajstić information content (AvgIpc) is 2.41. The first-order valence-electron chi connectivity index (χ1n) is 6.40. The van der Waals surface area contributed by atoms with Gasteiger partial charge in [-0.15, -0.1) is 11.6 Å². The number of sulfonamides is 1. The molecule has 1 fully saturated rings. The Hall–Kier alpha value is -0.000000000000000111. The standard InChI is InChI=1S/C13H16Cl3NO2S/c1-9-2-4-17(5-3-9)20(18,19)12-7-11(15)6-10(8-14)13(12)16/h6-7,9H,2-5,8H2,1H3. The molecular weight excluding hydrogens is 341 g/mol. The molecule has 0 atom stereocenters. The van der Waals surface area contributed by atoms with E-state index in [4.69, 9.17) is 34.8 Å². The molecule has 0 radical (unpaired) electrons. The van der Waals surface area contributed by atoms with Gasteiger partial charge in [-0.25, -0.2) is 8.42 Å². The van der Waals surface area contributed by atoms with Crippen LogP contribution in [-0.2, 0) is 15.9 Å². The molecule has 1 aliphatic rings. The van der Waals surface area contributed by atoms with E-state index in [9.17, 15) is 8.42 Å². The predicted octanol–water partition coefficient (Wildman–Crippen LogP) is 4.15. The normalized spacial score (nSPS) is 18.4. The highest BCUT2D eigenvalue weighted by Gasteiger charge is 2.30. The Balaban J connectivity index is 2.42. The molecule has 2 rings (SSSR count). The van der Waals surface area contributed by atoms with E-state index >= 15 is 0 Å². The van der Waals surface area contributed by atoms with Gasteiger partial charge < -0.3 is 0 Å². The van der Waals surface area contributed by atoms with Crippen LogP contribution in [0.5, 0.6) is 0 Å². The lowest BCUT2D eigenvalue weighted by molar-refractivity contribution is 0.288. The first-order valence-corrected chi connectivity index (χ1v) is 9.13. The van der Waals surface area contributed by atoms with Crippen LogP contribution in [0.15, 0.2) is 17.0 Å². The fourth-order valence-corrected chi connectivity index (χ4v) is 4.92. The van der Waals surface area contributed by atoms with E-state index in [1.807, 2.05) is 0 Å². The number of rotatable bonds is 3. The largest absolute Gasteiger partial charge is 0.244 e. The van der Waals surface area contributed by atoms with Crippen LogP contribution in [0, 0.1) is 5.92 Å². The number of halogens is 3. The molecule has 0 amide bonds. The number of hydrogen-bond acceptors (Lipinski definition) is 2. The van der Waals surface area contributed by atoms with Crippen molar-refractivity contribution >= 4 is 44.8 Å². The van der Waals surface area contributed by atoms with Crippen molar-refractivity contribution in [2.24, 2.45) is 5.92 Å². The summed E-state index contributed by atoms with van der Waals surface area (Å²) in [6, 6.07) is 2.99. The van der Waals surface area contributed by atoms with Gasteiger partial charge >= 0.3 is 0 Å². The third kappa shape index (κ3) is 3.25. The van der Waals surface area contributed by atoms with E-state index in [2.05, 4.69) is 6.92 Å². The zero-order valence-electron chi connectivity index (χ0n) is 11.1. The van der Waals surface area contributed by atoms with Crippen molar-refractivity contribution in [3.8, 4) is 0 Å². The summed E-state index contributed by atoms with van der Waals surface area (Å²) >= 11 is 17.9. The molecule has 112 valence electrons. The Bertz CT molecular complexity index is 596. The molecule has 20 heavy (non-hydrogen) atoms. The van der Waals surface area contributed by atoms with Crippen molar-refractivity contribution < 1.29 is 8.42 Å². The van der Waals surface area contributed by atoms with Gasteiger partial charge in [0.15, 0.2) is 0 Å². The van der Waals surface area contributed by atoms with Crippen LogP contribution in [0.3, 0.4) is 0 Å². The maximum absolute atomic E-state index is 12.7. The van der Waals surface area contributed by atoms with Gasteiger partial charge in [-0.3, -0.25) is 0 Å². The lowest BCUT2D eigenvalue weighted by Gasteiger charge is -2.29. The molecule has 0 spiro atoms. The van der Waals surface area contributed by atoms with Crippen LogP contribution in [-0.4, -0.2) is 25.8 Å². The molecule has 0 unspecified atom stereocenters. The SMILES string of the molecule is CC1CCN(S(=O)(=O)c2cc(Cl)cc(CCl)c2Cl)CC1. The Morgan fingerprint density at radius 3 is 2.40 bits per heavy atom. The maximum atomic E-state index is 12.7. The van der Waals surface area contributed by atoms with Gasteiger partial charge in [-0.05, 0) is 36.5 Å². The first-order chi connectivity index (χ1) is 9.36. The predicted molar refractivity (Wildman–Crippen MR) is 83.2 cm³/mol. The van der Waals surface area contributed by atoms with Gasteiger partial charge in [0.05, 0.1) is 5.02 Å². The Kier molecular flexibility index (Phi) is 5.24. The molecule has 0 N–H and O–H groups in total. The summed E-state index contributed by atoms with van der Waals surface area (Å²) in [5.74, 6) is 0.675. The summed E-state index contributed by atoms with van der Waals surface area (Å²) in [7, 11) is -3.61. The van der Waals surface area contributed by atoms with E-state index in [-0.39, 0.29) is 15.8 Å². The van der Waals surface area contributed by atoms with Crippen molar-refractivity contribution in [3.05, 3.63) is 27.7 Å². The van der Waals surface area contributed by atoms with Gasteiger partial charge in [0.25, 0.3) is 0 Å². The second-order valence-corrected chi connectivity index (χ2v) is 8.09. The Morgan fingerprint density at radius 2 is 1.85 bits per heavy atom. The minimum Gasteiger partial charge on any atom is -0.207 e. The van der Waals surface area contributed by atoms with Crippen molar-refractivity contribution in [3.63, 3.8) is 0 Å². The van der Waals surface area contributed by atoms with E-state index < -0.39 is 10.0 Å². The zero-order chi connectivity index (χ0) is 14.9. The topological polar surface area (TPSA) is 37.4 Å². The monoisotopic (exact) mass is 355 g/mol. The van der Waals surface area contributed by atoms with E-state index in [0.29, 0.717) is 29.6 Å². The maximum Gasteiger partial charge on any atom is 0.244 e. The van der Waals surface area contributed by atoms with E-state index in [1.54, 1.807) is 6.07 Å². The van der Waals surface area contributed by atoms with Gasteiger partial charge in [0, 0.05) is 24.0 Å². The smallest absolute Gasteiger partial charge is 0.207 e. The van der Waals surface area contributed by atoms with Gasteiger partial charge in [0.1, 0.15) is 4.90 Å². The van der Waals surface area contributed by atoms with Crippen LogP contribution >= 0.6 is 34.8 Å². The van der Waals surface area contributed by atoms with E-state index in [1.165, 1.54) is 10.4 Å². The van der Waals surface area contributed by atoms with Crippen LogP contribution < -0.4 is 0 Å². The molecule has 0 saturated carbocycles. The number of benzene rings is 1. The number of alkyl halides is 1. The van der Waals surface area contributed by atoms with Crippen LogP contribution in [0.1, 0.15) is 25.3 Å². The first kappa shape index (κ1) is 16.4. The third-order valence-corrected chi connectivity index (χ3v) is 6.57. The third-order valence-electron chi connectivity index (χ3n) is 3.58. The zero-order valence-corrected chi connectivity index (χ0v) is 14.2. The number of nitrogens with zero attached hydrogens (tertiary/aromatic N) is 1. The quantitative estimate of drug-likeness (QED) is 0.763. The summed E-state index contributed by atoms with van der Waals surface area (Å²) in [6.45, 7) is 3.16. The van der Waals surface area contributed by atoms with Crippen molar-refractivity contribution in [2.45, 2.75) is 30.5 Å². The fourth-order valence-electron chi connectivity index (χ4n) is 2.27. The lowest BCUT2D eigenvalue weighted by Crippen LogP contribution is -2.38. The van der Waals surface area contributed by atoms with Gasteiger partial charge in [-0.1, -0.05) is 30.1 Å². The Morgan fingerprint density at radius 1 is 1.25 bits per heavy atom. The highest BCUT2D eigenvalue weighted by atomic mass is 35.5. The molecule has 7 heteroatoms. The van der Waals surface area contributed by atoms with Gasteiger partial charge in [0.2, 0.25) is 10.0 Å². The molecular formula is C13H16Cl3NO2S. The average molecular weight is 357 g/mol. The van der Waals surface area contributed by atoms with Crippen LogP contribution in [0.4, 0.5) is 0 Å². The molecule has 0 aromatic heterocycles. The lowest BCUT2D eigenvalue weighted by atomic mass is 10.0. The summed E-state index contributed by atoms with van der Waals surface area (Å²) in [5, 5.41) is 0.497. The summed E-state index contributed by atoms with van der Waals surface area (Å²) in [4.78, 5) is 0.0527. The second kappa shape index (κ2) is 6.41. The van der Waals surface area contributed by atoms with Crippen LogP contribution in [0.2, 0.25) is 10.0 Å². The highest BCUT2D eigenvalue weighted by molar-refractivity contribution is 7.89. The minimum atomic E-state index is -3.61.